The zero-order chi connectivity index (χ0) is 16.7. The van der Waals surface area contributed by atoms with Crippen LogP contribution in [0.5, 0.6) is 0 Å². The molecule has 23 heavy (non-hydrogen) atoms. The highest BCUT2D eigenvalue weighted by molar-refractivity contribution is 9.10. The summed E-state index contributed by atoms with van der Waals surface area (Å²) in [5.74, 6) is -0.243. The number of amides is 2. The summed E-state index contributed by atoms with van der Waals surface area (Å²) in [5.41, 5.74) is 4.10. The van der Waals surface area contributed by atoms with Gasteiger partial charge in [0.15, 0.2) is 0 Å². The van der Waals surface area contributed by atoms with Gasteiger partial charge in [0.2, 0.25) is 0 Å². The molecule has 2 amide bonds. The normalized spacial score (nSPS) is 16.7. The van der Waals surface area contributed by atoms with E-state index in [0.29, 0.717) is 4.91 Å². The fourth-order valence-electron chi connectivity index (χ4n) is 2.63. The van der Waals surface area contributed by atoms with E-state index in [4.69, 9.17) is 0 Å². The molecular weight excluding hydrogens is 376 g/mol. The minimum Gasteiger partial charge on any atom is -0.318 e. The van der Waals surface area contributed by atoms with Crippen LogP contribution in [0.2, 0.25) is 0 Å². The molecule has 1 aromatic heterocycles. The number of benzene rings is 1. The number of likely N-dealkylation sites (N-methyl/N-ethyl adjacent to an activating group) is 1. The summed E-state index contributed by atoms with van der Waals surface area (Å²) < 4.78 is 3.14. The average Bonchev–Trinajstić information content (AvgIpc) is 2.91. The lowest BCUT2D eigenvalue weighted by Crippen LogP contribution is -2.22. The van der Waals surface area contributed by atoms with Crippen molar-refractivity contribution in [1.29, 1.82) is 0 Å². The predicted octanol–water partition coefficient (Wildman–Crippen LogP) is 4.52. The van der Waals surface area contributed by atoms with Crippen LogP contribution in [0.15, 0.2) is 39.7 Å². The van der Waals surface area contributed by atoms with Crippen molar-refractivity contribution < 1.29 is 9.59 Å². The highest BCUT2D eigenvalue weighted by Crippen LogP contribution is 2.33. The fourth-order valence-corrected chi connectivity index (χ4v) is 3.84. The van der Waals surface area contributed by atoms with Gasteiger partial charge in [0, 0.05) is 28.6 Å². The summed E-state index contributed by atoms with van der Waals surface area (Å²) in [4.78, 5) is 25.3. The van der Waals surface area contributed by atoms with E-state index in [-0.39, 0.29) is 11.1 Å². The molecule has 0 aliphatic carbocycles. The zero-order valence-electron chi connectivity index (χ0n) is 13.0. The number of thioether (sulfide) groups is 1. The molecule has 0 atom stereocenters. The minimum atomic E-state index is -0.243. The van der Waals surface area contributed by atoms with Gasteiger partial charge in [-0.2, -0.15) is 0 Å². The van der Waals surface area contributed by atoms with E-state index in [1.807, 2.05) is 44.2 Å². The van der Waals surface area contributed by atoms with Crippen LogP contribution >= 0.6 is 27.7 Å². The number of nitrogens with zero attached hydrogens (tertiary/aromatic N) is 2. The van der Waals surface area contributed by atoms with Gasteiger partial charge in [0.1, 0.15) is 0 Å². The van der Waals surface area contributed by atoms with Crippen LogP contribution in [-0.4, -0.2) is 27.7 Å². The maximum absolute atomic E-state index is 12.0. The lowest BCUT2D eigenvalue weighted by atomic mass is 10.2. The first-order valence-electron chi connectivity index (χ1n) is 7.05. The number of carbonyl (C=O) groups excluding carboxylic acids is 2. The minimum absolute atomic E-state index is 0.234. The number of imide groups is 1. The first kappa shape index (κ1) is 16.1. The number of rotatable bonds is 2. The van der Waals surface area contributed by atoms with Crippen molar-refractivity contribution in [3.8, 4) is 5.69 Å². The van der Waals surface area contributed by atoms with Crippen molar-refractivity contribution in [2.24, 2.45) is 0 Å². The van der Waals surface area contributed by atoms with Crippen molar-refractivity contribution in [3.63, 3.8) is 0 Å². The Morgan fingerprint density at radius 1 is 1.17 bits per heavy atom. The van der Waals surface area contributed by atoms with E-state index in [1.54, 1.807) is 6.08 Å². The Labute approximate surface area is 147 Å². The van der Waals surface area contributed by atoms with Crippen LogP contribution in [0.25, 0.3) is 11.8 Å². The maximum Gasteiger partial charge on any atom is 0.293 e. The third-order valence-corrected chi connectivity index (χ3v) is 5.26. The SMILES string of the molecule is Cc1cc(/C=C2\SC(=O)N(C)C2=O)c(C)n1-c1cccc(Br)c1. The Balaban J connectivity index is 2.06. The monoisotopic (exact) mass is 390 g/mol. The molecular formula is C17H15BrN2O2S. The number of halogens is 1. The number of aryl methyl sites for hydroxylation is 1. The maximum atomic E-state index is 12.0. The Hall–Kier alpha value is -1.79. The largest absolute Gasteiger partial charge is 0.318 e. The molecule has 2 aromatic rings. The first-order valence-corrected chi connectivity index (χ1v) is 8.66. The van der Waals surface area contributed by atoms with Gasteiger partial charge in [-0.15, -0.1) is 0 Å². The summed E-state index contributed by atoms with van der Waals surface area (Å²) in [7, 11) is 1.50. The van der Waals surface area contributed by atoms with Crippen LogP contribution in [0, 0.1) is 13.8 Å². The van der Waals surface area contributed by atoms with Crippen LogP contribution in [0.4, 0.5) is 4.79 Å². The van der Waals surface area contributed by atoms with Crippen LogP contribution in [0.1, 0.15) is 17.0 Å². The molecule has 0 spiro atoms. The van der Waals surface area contributed by atoms with E-state index >= 15 is 0 Å². The van der Waals surface area contributed by atoms with Crippen molar-refractivity contribution in [3.05, 3.63) is 56.7 Å². The van der Waals surface area contributed by atoms with Gasteiger partial charge in [-0.25, -0.2) is 0 Å². The molecule has 4 nitrogen and oxygen atoms in total. The lowest BCUT2D eigenvalue weighted by molar-refractivity contribution is -0.121. The van der Waals surface area contributed by atoms with Crippen molar-refractivity contribution in [2.45, 2.75) is 13.8 Å². The second-order valence-electron chi connectivity index (χ2n) is 5.38. The zero-order valence-corrected chi connectivity index (χ0v) is 15.4. The first-order chi connectivity index (χ1) is 10.9. The summed E-state index contributed by atoms with van der Waals surface area (Å²) in [6, 6.07) is 10.1. The molecule has 1 fully saturated rings. The van der Waals surface area contributed by atoms with Crippen LogP contribution in [-0.2, 0) is 4.79 Å². The third-order valence-electron chi connectivity index (χ3n) is 3.81. The van der Waals surface area contributed by atoms with Crippen molar-refractivity contribution in [1.82, 2.24) is 9.47 Å². The second kappa shape index (κ2) is 6.02. The highest BCUT2D eigenvalue weighted by Gasteiger charge is 2.32. The number of aromatic nitrogens is 1. The quantitative estimate of drug-likeness (QED) is 0.707. The topological polar surface area (TPSA) is 42.3 Å². The third kappa shape index (κ3) is 2.88. The molecule has 2 heterocycles. The van der Waals surface area contributed by atoms with Gasteiger partial charge < -0.3 is 4.57 Å². The molecule has 1 aromatic carbocycles. The van der Waals surface area contributed by atoms with Crippen molar-refractivity contribution in [2.75, 3.05) is 7.05 Å². The summed E-state index contributed by atoms with van der Waals surface area (Å²) >= 11 is 4.47. The van der Waals surface area contributed by atoms with Gasteiger partial charge in [-0.05, 0) is 61.5 Å². The fraction of sp³-hybridized carbons (Fsp3) is 0.176. The van der Waals surface area contributed by atoms with E-state index < -0.39 is 0 Å². The van der Waals surface area contributed by atoms with Crippen molar-refractivity contribution >= 4 is 44.9 Å². The number of carbonyl (C=O) groups is 2. The van der Waals surface area contributed by atoms with Gasteiger partial charge in [0.25, 0.3) is 11.1 Å². The highest BCUT2D eigenvalue weighted by atomic mass is 79.9. The molecule has 0 radical (unpaired) electrons. The van der Waals surface area contributed by atoms with Crippen LogP contribution in [0.3, 0.4) is 0 Å². The van der Waals surface area contributed by atoms with E-state index in [1.165, 1.54) is 7.05 Å². The molecule has 1 aliphatic heterocycles. The van der Waals surface area contributed by atoms with Gasteiger partial charge >= 0.3 is 0 Å². The molecule has 3 rings (SSSR count). The Morgan fingerprint density at radius 2 is 1.91 bits per heavy atom. The molecule has 1 saturated heterocycles. The second-order valence-corrected chi connectivity index (χ2v) is 7.29. The van der Waals surface area contributed by atoms with E-state index in [0.717, 1.165) is 43.8 Å². The molecule has 0 N–H and O–H groups in total. The number of hydrogen-bond donors (Lipinski definition) is 0. The molecule has 0 bridgehead atoms. The van der Waals surface area contributed by atoms with Gasteiger partial charge in [-0.3, -0.25) is 14.5 Å². The smallest absolute Gasteiger partial charge is 0.293 e. The Kier molecular flexibility index (Phi) is 4.21. The molecule has 0 unspecified atom stereocenters. The van der Waals surface area contributed by atoms with E-state index in [9.17, 15) is 9.59 Å². The van der Waals surface area contributed by atoms with Gasteiger partial charge in [-0.1, -0.05) is 22.0 Å². The summed E-state index contributed by atoms with van der Waals surface area (Å²) in [6.45, 7) is 4.03. The molecule has 6 heteroatoms. The standard InChI is InChI=1S/C17H15BrN2O2S/c1-10-7-12(8-15-16(21)19(3)17(22)23-15)11(2)20(10)14-6-4-5-13(18)9-14/h4-9H,1-3H3/b15-8-. The predicted molar refractivity (Wildman–Crippen MR) is 96.7 cm³/mol. The summed E-state index contributed by atoms with van der Waals surface area (Å²) in [5, 5.41) is -0.234. The number of hydrogen-bond acceptors (Lipinski definition) is 3. The Morgan fingerprint density at radius 3 is 2.52 bits per heavy atom. The van der Waals surface area contributed by atoms with E-state index in [2.05, 4.69) is 20.5 Å². The molecule has 118 valence electrons. The lowest BCUT2D eigenvalue weighted by Gasteiger charge is -2.10. The molecule has 1 aliphatic rings. The molecule has 0 saturated carbocycles. The average molecular weight is 391 g/mol. The van der Waals surface area contributed by atoms with Crippen LogP contribution < -0.4 is 0 Å². The Bertz CT molecular complexity index is 854. The van der Waals surface area contributed by atoms with Gasteiger partial charge in [0.05, 0.1) is 4.91 Å². The summed E-state index contributed by atoms with van der Waals surface area (Å²) in [6.07, 6.45) is 1.80.